The quantitative estimate of drug-likeness (QED) is 0.525. The molecule has 0 spiro atoms. The highest BCUT2D eigenvalue weighted by Crippen LogP contribution is 2.23. The molecule has 1 fully saturated rings. The van der Waals surface area contributed by atoms with Crippen molar-refractivity contribution >= 4 is 16.9 Å². The average Bonchev–Trinajstić information content (AvgIpc) is 3.40. The predicted octanol–water partition coefficient (Wildman–Crippen LogP) is 1.45. The normalized spacial score (nSPS) is 19.8. The third kappa shape index (κ3) is 4.02. The van der Waals surface area contributed by atoms with Gasteiger partial charge in [0.25, 0.3) is 5.91 Å². The van der Waals surface area contributed by atoms with Gasteiger partial charge >= 0.3 is 0 Å². The molecule has 10 heteroatoms. The molecule has 0 aromatic carbocycles. The Morgan fingerprint density at radius 1 is 1.25 bits per heavy atom. The van der Waals surface area contributed by atoms with E-state index in [1.54, 1.807) is 19.4 Å². The average molecular weight is 385 g/mol. The van der Waals surface area contributed by atoms with E-state index < -0.39 is 0 Å². The zero-order valence-electron chi connectivity index (χ0n) is 15.6. The van der Waals surface area contributed by atoms with Crippen LogP contribution in [-0.4, -0.2) is 68.7 Å². The van der Waals surface area contributed by atoms with Gasteiger partial charge in [0.1, 0.15) is 5.69 Å². The summed E-state index contributed by atoms with van der Waals surface area (Å²) in [4.78, 5) is 24.9. The minimum Gasteiger partial charge on any atom is -0.382 e. The minimum atomic E-state index is -0.219. The second kappa shape index (κ2) is 8.44. The Morgan fingerprint density at radius 2 is 2.11 bits per heavy atom. The summed E-state index contributed by atoms with van der Waals surface area (Å²) in [5, 5.41) is 13.4. The number of fused-ring (bicyclic) bond motifs is 1. The first-order valence-corrected chi connectivity index (χ1v) is 9.37. The molecule has 3 aromatic heterocycles. The number of rotatable bonds is 7. The molecule has 1 aliphatic carbocycles. The number of aromatic amines is 2. The molecule has 10 nitrogen and oxygen atoms in total. The van der Waals surface area contributed by atoms with Gasteiger partial charge in [0.05, 0.1) is 36.5 Å². The first-order valence-electron chi connectivity index (χ1n) is 9.37. The van der Waals surface area contributed by atoms with Gasteiger partial charge in [0, 0.05) is 19.3 Å². The van der Waals surface area contributed by atoms with Crippen LogP contribution in [0.25, 0.3) is 22.6 Å². The van der Waals surface area contributed by atoms with E-state index in [1.165, 1.54) is 6.20 Å². The monoisotopic (exact) mass is 385 g/mol. The van der Waals surface area contributed by atoms with Gasteiger partial charge in [-0.3, -0.25) is 4.79 Å². The smallest absolute Gasteiger partial charge is 0.272 e. The van der Waals surface area contributed by atoms with Crippen LogP contribution in [0.1, 0.15) is 36.2 Å². The molecule has 1 amide bonds. The molecule has 3 aromatic rings. The van der Waals surface area contributed by atoms with E-state index in [4.69, 9.17) is 9.47 Å². The Kier molecular flexibility index (Phi) is 5.58. The molecule has 1 saturated carbocycles. The van der Waals surface area contributed by atoms with Gasteiger partial charge in [-0.15, -0.1) is 0 Å². The van der Waals surface area contributed by atoms with Crippen LogP contribution in [0.15, 0.2) is 18.5 Å². The molecule has 0 radical (unpaired) electrons. The molecule has 3 heterocycles. The van der Waals surface area contributed by atoms with E-state index in [0.29, 0.717) is 41.5 Å². The van der Waals surface area contributed by atoms with Crippen molar-refractivity contribution in [1.29, 1.82) is 0 Å². The number of carbonyl (C=O) groups is 1. The Balaban J connectivity index is 1.44. The van der Waals surface area contributed by atoms with Crippen molar-refractivity contribution in [1.82, 2.24) is 35.7 Å². The van der Waals surface area contributed by atoms with Gasteiger partial charge in [0.2, 0.25) is 0 Å². The molecular formula is C18H23N7O3. The number of amides is 1. The van der Waals surface area contributed by atoms with Crippen molar-refractivity contribution in [3.63, 3.8) is 0 Å². The number of hydrogen-bond donors (Lipinski definition) is 3. The Labute approximate surface area is 161 Å². The van der Waals surface area contributed by atoms with Gasteiger partial charge < -0.3 is 19.8 Å². The van der Waals surface area contributed by atoms with E-state index in [2.05, 4.69) is 35.7 Å². The highest BCUT2D eigenvalue weighted by atomic mass is 16.5. The maximum atomic E-state index is 12.9. The highest BCUT2D eigenvalue weighted by Gasteiger charge is 2.25. The summed E-state index contributed by atoms with van der Waals surface area (Å²) in [6, 6.07) is 1.91. The molecule has 0 bridgehead atoms. The maximum Gasteiger partial charge on any atom is 0.272 e. The lowest BCUT2D eigenvalue weighted by Gasteiger charge is -2.29. The summed E-state index contributed by atoms with van der Waals surface area (Å²) in [7, 11) is 1.66. The molecule has 148 valence electrons. The summed E-state index contributed by atoms with van der Waals surface area (Å²) in [6.45, 7) is 1.21. The van der Waals surface area contributed by atoms with E-state index in [9.17, 15) is 4.79 Å². The van der Waals surface area contributed by atoms with E-state index in [0.717, 1.165) is 25.7 Å². The van der Waals surface area contributed by atoms with Crippen LogP contribution in [-0.2, 0) is 9.47 Å². The van der Waals surface area contributed by atoms with E-state index in [-0.39, 0.29) is 18.1 Å². The van der Waals surface area contributed by atoms with Crippen LogP contribution in [0, 0.1) is 0 Å². The number of nitrogens with zero attached hydrogens (tertiary/aromatic N) is 4. The molecule has 28 heavy (non-hydrogen) atoms. The largest absolute Gasteiger partial charge is 0.382 e. The van der Waals surface area contributed by atoms with Crippen molar-refractivity contribution in [2.75, 3.05) is 20.3 Å². The van der Waals surface area contributed by atoms with Crippen LogP contribution in [0.5, 0.6) is 0 Å². The van der Waals surface area contributed by atoms with Crippen molar-refractivity contribution in [3.05, 3.63) is 24.2 Å². The Morgan fingerprint density at radius 3 is 2.86 bits per heavy atom. The SMILES string of the molecule is COCCOC1CCC(NC(=O)c2nc(-c3cn[nH]n3)nc3cc[nH]c23)CC1. The third-order valence-electron chi connectivity index (χ3n) is 4.92. The van der Waals surface area contributed by atoms with E-state index >= 15 is 0 Å². The highest BCUT2D eigenvalue weighted by molar-refractivity contribution is 6.03. The lowest BCUT2D eigenvalue weighted by Crippen LogP contribution is -2.39. The standard InChI is InChI=1S/C18H23N7O3/c1-27-8-9-28-12-4-2-11(3-5-12)21-18(26)16-15-13(6-7-19-15)22-17(23-16)14-10-20-25-24-14/h6-7,10-12,19H,2-5,8-9H2,1H3,(H,21,26)(H,20,24,25). The topological polar surface area (TPSA) is 131 Å². The van der Waals surface area contributed by atoms with Crippen molar-refractivity contribution in [3.8, 4) is 11.5 Å². The number of ether oxygens (including phenoxy) is 2. The van der Waals surface area contributed by atoms with Crippen molar-refractivity contribution in [2.45, 2.75) is 37.8 Å². The summed E-state index contributed by atoms with van der Waals surface area (Å²) in [5.41, 5.74) is 2.08. The first kappa shape index (κ1) is 18.5. The lowest BCUT2D eigenvalue weighted by molar-refractivity contribution is -0.00409. The lowest BCUT2D eigenvalue weighted by atomic mass is 9.93. The summed E-state index contributed by atoms with van der Waals surface area (Å²) < 4.78 is 10.8. The zero-order valence-corrected chi connectivity index (χ0v) is 15.6. The molecule has 0 unspecified atom stereocenters. The second-order valence-corrected chi connectivity index (χ2v) is 6.80. The molecule has 4 rings (SSSR count). The van der Waals surface area contributed by atoms with Crippen LogP contribution >= 0.6 is 0 Å². The van der Waals surface area contributed by atoms with Crippen LogP contribution < -0.4 is 5.32 Å². The van der Waals surface area contributed by atoms with Crippen LogP contribution in [0.3, 0.4) is 0 Å². The third-order valence-corrected chi connectivity index (χ3v) is 4.92. The zero-order chi connectivity index (χ0) is 19.3. The number of aromatic nitrogens is 6. The van der Waals surface area contributed by atoms with Crippen molar-refractivity contribution < 1.29 is 14.3 Å². The van der Waals surface area contributed by atoms with Gasteiger partial charge in [-0.2, -0.15) is 15.4 Å². The maximum absolute atomic E-state index is 12.9. The molecule has 1 aliphatic rings. The molecule has 0 saturated heterocycles. The number of carbonyl (C=O) groups excluding carboxylic acids is 1. The number of H-pyrrole nitrogens is 2. The summed E-state index contributed by atoms with van der Waals surface area (Å²) in [5.74, 6) is 0.143. The second-order valence-electron chi connectivity index (χ2n) is 6.80. The summed E-state index contributed by atoms with van der Waals surface area (Å²) >= 11 is 0. The van der Waals surface area contributed by atoms with E-state index in [1.807, 2.05) is 0 Å². The fourth-order valence-corrected chi connectivity index (χ4v) is 3.46. The summed E-state index contributed by atoms with van der Waals surface area (Å²) in [6.07, 6.45) is 7.08. The fourth-order valence-electron chi connectivity index (χ4n) is 3.46. The van der Waals surface area contributed by atoms with Gasteiger partial charge in [0.15, 0.2) is 11.5 Å². The van der Waals surface area contributed by atoms with Gasteiger partial charge in [-0.25, -0.2) is 9.97 Å². The van der Waals surface area contributed by atoms with Crippen LogP contribution in [0.4, 0.5) is 0 Å². The molecule has 0 aliphatic heterocycles. The number of hydrogen-bond acceptors (Lipinski definition) is 7. The number of methoxy groups -OCH3 is 1. The molecule has 0 atom stereocenters. The van der Waals surface area contributed by atoms with Crippen molar-refractivity contribution in [2.24, 2.45) is 0 Å². The van der Waals surface area contributed by atoms with Gasteiger partial charge in [-0.1, -0.05) is 0 Å². The Hall–Kier alpha value is -2.85. The molecule has 3 N–H and O–H groups in total. The molecular weight excluding hydrogens is 362 g/mol. The first-order chi connectivity index (χ1) is 13.7. The van der Waals surface area contributed by atoms with Gasteiger partial charge in [-0.05, 0) is 31.7 Å². The van der Waals surface area contributed by atoms with Crippen LogP contribution in [0.2, 0.25) is 0 Å². The fraction of sp³-hybridized carbons (Fsp3) is 0.500. The minimum absolute atomic E-state index is 0.102. The predicted molar refractivity (Wildman–Crippen MR) is 101 cm³/mol. The Bertz CT molecular complexity index is 917. The number of nitrogens with one attached hydrogen (secondary N) is 3.